The normalized spacial score (nSPS) is 10.4. The Morgan fingerprint density at radius 1 is 0.882 bits per heavy atom. The van der Waals surface area contributed by atoms with Crippen LogP contribution >= 0.6 is 0 Å². The average Bonchev–Trinajstić information content (AvgIpc) is 2.33. The maximum Gasteiger partial charge on any atom is 0.132 e. The van der Waals surface area contributed by atoms with Crippen molar-refractivity contribution in [1.82, 2.24) is 0 Å². The lowest BCUT2D eigenvalue weighted by Gasteiger charge is -2.01. The molecule has 0 saturated heterocycles. The number of allylic oxidation sites excluding steroid dienone is 1. The van der Waals surface area contributed by atoms with Crippen molar-refractivity contribution in [2.24, 2.45) is 0 Å². The summed E-state index contributed by atoms with van der Waals surface area (Å²) in [5.41, 5.74) is 0. The number of hydrogen-bond acceptors (Lipinski definition) is 1. The van der Waals surface area contributed by atoms with Gasteiger partial charge in [0.05, 0.1) is 0 Å². The van der Waals surface area contributed by atoms with Crippen LogP contribution in [0, 0.1) is 0 Å². The molecule has 17 heavy (non-hydrogen) atoms. The van der Waals surface area contributed by atoms with Gasteiger partial charge in [0.25, 0.3) is 0 Å². The van der Waals surface area contributed by atoms with Gasteiger partial charge in [-0.05, 0) is 25.7 Å². The van der Waals surface area contributed by atoms with Crippen molar-refractivity contribution in [3.05, 3.63) is 12.7 Å². The highest BCUT2D eigenvalue weighted by molar-refractivity contribution is 5.78. The molecule has 1 nitrogen and oxygen atoms in total. The molecule has 0 fully saturated rings. The Kier molecular flexibility index (Phi) is 13.0. The summed E-state index contributed by atoms with van der Waals surface area (Å²) in [6, 6.07) is 0. The van der Waals surface area contributed by atoms with E-state index in [4.69, 9.17) is 0 Å². The lowest BCUT2D eigenvalue weighted by atomic mass is 10.0. The van der Waals surface area contributed by atoms with Gasteiger partial charge in [-0.25, -0.2) is 0 Å². The molecule has 100 valence electrons. The van der Waals surface area contributed by atoms with E-state index in [0.717, 1.165) is 32.1 Å². The molecule has 0 aliphatic carbocycles. The van der Waals surface area contributed by atoms with Crippen molar-refractivity contribution >= 4 is 5.78 Å². The molecule has 0 saturated carbocycles. The van der Waals surface area contributed by atoms with Crippen molar-refractivity contribution < 1.29 is 4.79 Å². The Balaban J connectivity index is 3.11. The van der Waals surface area contributed by atoms with Gasteiger partial charge in [0, 0.05) is 12.8 Å². The Morgan fingerprint density at radius 2 is 1.41 bits per heavy atom. The lowest BCUT2D eigenvalue weighted by molar-refractivity contribution is -0.119. The topological polar surface area (TPSA) is 17.1 Å². The highest BCUT2D eigenvalue weighted by Crippen LogP contribution is 2.10. The molecule has 0 aliphatic rings. The number of carbonyl (C=O) groups excluding carboxylic acids is 1. The maximum atomic E-state index is 11.5. The van der Waals surface area contributed by atoms with Crippen LogP contribution in [0.2, 0.25) is 0 Å². The minimum absolute atomic E-state index is 0.477. The Morgan fingerprint density at radius 3 is 2.00 bits per heavy atom. The molecular formula is C16H30O. The summed E-state index contributed by atoms with van der Waals surface area (Å²) in [7, 11) is 0. The smallest absolute Gasteiger partial charge is 0.132 e. The number of carbonyl (C=O) groups is 1. The first-order valence-electron chi connectivity index (χ1n) is 7.43. The SMILES string of the molecule is C=CCCCCCCCCC(=O)CCCCC. The summed E-state index contributed by atoms with van der Waals surface area (Å²) in [6.45, 7) is 5.90. The Hall–Kier alpha value is -0.590. The van der Waals surface area contributed by atoms with Crippen molar-refractivity contribution in [3.8, 4) is 0 Å². The van der Waals surface area contributed by atoms with Gasteiger partial charge in [-0.1, -0.05) is 51.5 Å². The number of unbranched alkanes of at least 4 members (excludes halogenated alkanes) is 8. The van der Waals surface area contributed by atoms with Crippen LogP contribution in [-0.4, -0.2) is 5.78 Å². The molecule has 0 amide bonds. The monoisotopic (exact) mass is 238 g/mol. The van der Waals surface area contributed by atoms with Crippen LogP contribution in [0.3, 0.4) is 0 Å². The second kappa shape index (κ2) is 13.5. The third-order valence-electron chi connectivity index (χ3n) is 3.17. The van der Waals surface area contributed by atoms with E-state index in [2.05, 4.69) is 13.5 Å². The lowest BCUT2D eigenvalue weighted by Crippen LogP contribution is -1.97. The molecule has 0 aromatic heterocycles. The quantitative estimate of drug-likeness (QED) is 0.308. The fraction of sp³-hybridized carbons (Fsp3) is 0.812. The second-order valence-electron chi connectivity index (χ2n) is 4.94. The van der Waals surface area contributed by atoms with Crippen LogP contribution in [0.25, 0.3) is 0 Å². The van der Waals surface area contributed by atoms with Gasteiger partial charge in [-0.15, -0.1) is 6.58 Å². The van der Waals surface area contributed by atoms with Crippen molar-refractivity contribution in [3.63, 3.8) is 0 Å². The standard InChI is InChI=1S/C16H30O/c1-3-5-7-8-9-10-11-13-15-16(17)14-12-6-4-2/h3H,1,4-15H2,2H3. The zero-order chi connectivity index (χ0) is 12.8. The van der Waals surface area contributed by atoms with Gasteiger partial charge in [0.1, 0.15) is 5.78 Å². The van der Waals surface area contributed by atoms with Gasteiger partial charge < -0.3 is 0 Å². The van der Waals surface area contributed by atoms with Crippen molar-refractivity contribution in [1.29, 1.82) is 0 Å². The van der Waals surface area contributed by atoms with Crippen LogP contribution in [0.4, 0.5) is 0 Å². The molecule has 0 aromatic carbocycles. The summed E-state index contributed by atoms with van der Waals surface area (Å²) in [4.78, 5) is 11.5. The zero-order valence-electron chi connectivity index (χ0n) is 11.7. The largest absolute Gasteiger partial charge is 0.300 e. The molecule has 0 spiro atoms. The van der Waals surface area contributed by atoms with Crippen molar-refractivity contribution in [2.75, 3.05) is 0 Å². The molecule has 0 heterocycles. The minimum Gasteiger partial charge on any atom is -0.300 e. The van der Waals surface area contributed by atoms with Gasteiger partial charge in [0.15, 0.2) is 0 Å². The number of ketones is 1. The number of Topliss-reactive ketones (excluding diaryl/α,β-unsaturated/α-hetero) is 1. The summed E-state index contributed by atoms with van der Waals surface area (Å²) in [5.74, 6) is 0.477. The predicted molar refractivity (Wildman–Crippen MR) is 76.3 cm³/mol. The molecule has 0 N–H and O–H groups in total. The first-order chi connectivity index (χ1) is 8.31. The molecule has 0 aromatic rings. The summed E-state index contributed by atoms with van der Waals surface area (Å²) in [5, 5.41) is 0. The van der Waals surface area contributed by atoms with Crippen LogP contribution in [-0.2, 0) is 4.79 Å². The fourth-order valence-corrected chi connectivity index (χ4v) is 2.02. The first-order valence-corrected chi connectivity index (χ1v) is 7.43. The van der Waals surface area contributed by atoms with E-state index >= 15 is 0 Å². The van der Waals surface area contributed by atoms with E-state index in [0.29, 0.717) is 5.78 Å². The Labute approximate surface area is 108 Å². The fourth-order valence-electron chi connectivity index (χ4n) is 2.02. The van der Waals surface area contributed by atoms with Gasteiger partial charge >= 0.3 is 0 Å². The highest BCUT2D eigenvalue weighted by Gasteiger charge is 2.00. The van der Waals surface area contributed by atoms with Crippen LogP contribution in [0.15, 0.2) is 12.7 Å². The maximum absolute atomic E-state index is 11.5. The van der Waals surface area contributed by atoms with E-state index in [9.17, 15) is 4.79 Å². The molecule has 0 rings (SSSR count). The van der Waals surface area contributed by atoms with E-state index in [1.165, 1.54) is 44.9 Å². The molecule has 0 unspecified atom stereocenters. The van der Waals surface area contributed by atoms with Gasteiger partial charge in [-0.2, -0.15) is 0 Å². The Bertz CT molecular complexity index is 184. The van der Waals surface area contributed by atoms with Crippen LogP contribution in [0.5, 0.6) is 0 Å². The molecule has 0 radical (unpaired) electrons. The summed E-state index contributed by atoms with van der Waals surface area (Å²) < 4.78 is 0. The third kappa shape index (κ3) is 13.3. The van der Waals surface area contributed by atoms with E-state index in [-0.39, 0.29) is 0 Å². The zero-order valence-corrected chi connectivity index (χ0v) is 11.7. The van der Waals surface area contributed by atoms with Crippen LogP contribution in [0.1, 0.15) is 84.0 Å². The number of rotatable bonds is 13. The molecule has 0 atom stereocenters. The molecule has 0 bridgehead atoms. The predicted octanol–water partition coefficient (Wildman–Crippen LogP) is 5.44. The first kappa shape index (κ1) is 16.4. The van der Waals surface area contributed by atoms with Gasteiger partial charge in [0.2, 0.25) is 0 Å². The average molecular weight is 238 g/mol. The molecule has 0 aliphatic heterocycles. The van der Waals surface area contributed by atoms with E-state index in [1.54, 1.807) is 0 Å². The summed E-state index contributed by atoms with van der Waals surface area (Å²) in [6.07, 6.45) is 15.8. The molecule has 1 heteroatoms. The van der Waals surface area contributed by atoms with Gasteiger partial charge in [-0.3, -0.25) is 4.79 Å². The van der Waals surface area contributed by atoms with Crippen molar-refractivity contribution in [2.45, 2.75) is 84.0 Å². The third-order valence-corrected chi connectivity index (χ3v) is 3.17. The highest BCUT2D eigenvalue weighted by atomic mass is 16.1. The van der Waals surface area contributed by atoms with E-state index in [1.807, 2.05) is 6.08 Å². The van der Waals surface area contributed by atoms with Crippen LogP contribution < -0.4 is 0 Å². The number of hydrogen-bond donors (Lipinski definition) is 0. The minimum atomic E-state index is 0.477. The summed E-state index contributed by atoms with van der Waals surface area (Å²) >= 11 is 0. The van der Waals surface area contributed by atoms with E-state index < -0.39 is 0 Å². The second-order valence-corrected chi connectivity index (χ2v) is 4.94. The molecular weight excluding hydrogens is 208 g/mol.